The minimum Gasteiger partial charge on any atom is -0.475 e. The number of ether oxygens (including phenoxy) is 1. The number of amides is 1. The first-order valence-corrected chi connectivity index (χ1v) is 6.50. The van der Waals surface area contributed by atoms with Gasteiger partial charge in [-0.3, -0.25) is 4.79 Å². The Morgan fingerprint density at radius 2 is 2.30 bits per heavy atom. The van der Waals surface area contributed by atoms with Crippen LogP contribution in [0.5, 0.6) is 5.88 Å². The van der Waals surface area contributed by atoms with Gasteiger partial charge in [0.2, 0.25) is 11.8 Å². The monoisotopic (exact) mass is 315 g/mol. The summed E-state index contributed by atoms with van der Waals surface area (Å²) in [5.74, 6) is 0.111. The topological polar surface area (TPSA) is 77.2 Å². The van der Waals surface area contributed by atoms with Gasteiger partial charge in [-0.2, -0.15) is 0 Å². The first-order valence-electron chi connectivity index (χ1n) is 5.75. The Balaban J connectivity index is 1.69. The highest BCUT2D eigenvalue weighted by molar-refractivity contribution is 6.35. The molecular formula is C12H11Cl2N3O3. The maximum Gasteiger partial charge on any atom is 0.232 e. The lowest BCUT2D eigenvalue weighted by molar-refractivity contribution is -0.120. The summed E-state index contributed by atoms with van der Waals surface area (Å²) >= 11 is 11.6. The lowest BCUT2D eigenvalue weighted by Crippen LogP contribution is -2.29. The highest BCUT2D eigenvalue weighted by atomic mass is 35.5. The van der Waals surface area contributed by atoms with Crippen molar-refractivity contribution in [1.29, 1.82) is 0 Å². The van der Waals surface area contributed by atoms with E-state index >= 15 is 0 Å². The van der Waals surface area contributed by atoms with Crippen molar-refractivity contribution in [2.24, 2.45) is 0 Å². The van der Waals surface area contributed by atoms with Crippen molar-refractivity contribution < 1.29 is 14.1 Å². The van der Waals surface area contributed by atoms with E-state index < -0.39 is 0 Å². The first-order chi connectivity index (χ1) is 9.65. The SMILES string of the molecule is O=C(Cc1ccon1)NCCOc1ncc(Cl)cc1Cl. The van der Waals surface area contributed by atoms with E-state index in [9.17, 15) is 4.79 Å². The lowest BCUT2D eigenvalue weighted by atomic mass is 10.3. The third-order valence-corrected chi connectivity index (χ3v) is 2.75. The van der Waals surface area contributed by atoms with E-state index in [-0.39, 0.29) is 24.8 Å². The largest absolute Gasteiger partial charge is 0.475 e. The first kappa shape index (κ1) is 14.6. The van der Waals surface area contributed by atoms with E-state index in [2.05, 4.69) is 20.0 Å². The fraction of sp³-hybridized carbons (Fsp3) is 0.250. The number of nitrogens with zero attached hydrogens (tertiary/aromatic N) is 2. The molecule has 2 aromatic rings. The van der Waals surface area contributed by atoms with Crippen LogP contribution in [0.3, 0.4) is 0 Å². The molecule has 8 heteroatoms. The Morgan fingerprint density at radius 3 is 3.00 bits per heavy atom. The molecular weight excluding hydrogens is 305 g/mol. The molecule has 0 bridgehead atoms. The van der Waals surface area contributed by atoms with Crippen molar-refractivity contribution in [2.45, 2.75) is 6.42 Å². The Labute approximate surface area is 125 Å². The van der Waals surface area contributed by atoms with Crippen molar-refractivity contribution in [3.8, 4) is 5.88 Å². The average molecular weight is 316 g/mol. The van der Waals surface area contributed by atoms with E-state index in [1.165, 1.54) is 18.5 Å². The van der Waals surface area contributed by atoms with E-state index in [4.69, 9.17) is 27.9 Å². The number of rotatable bonds is 6. The molecule has 20 heavy (non-hydrogen) atoms. The van der Waals surface area contributed by atoms with Gasteiger partial charge in [-0.25, -0.2) is 4.98 Å². The highest BCUT2D eigenvalue weighted by Gasteiger charge is 2.07. The summed E-state index contributed by atoms with van der Waals surface area (Å²) in [6.07, 6.45) is 3.02. The molecule has 6 nitrogen and oxygen atoms in total. The smallest absolute Gasteiger partial charge is 0.232 e. The van der Waals surface area contributed by atoms with Crippen LogP contribution in [0, 0.1) is 0 Å². The van der Waals surface area contributed by atoms with Crippen molar-refractivity contribution in [3.63, 3.8) is 0 Å². The number of hydrogen-bond acceptors (Lipinski definition) is 5. The predicted molar refractivity (Wildman–Crippen MR) is 73.0 cm³/mol. The van der Waals surface area contributed by atoms with Gasteiger partial charge >= 0.3 is 0 Å². The van der Waals surface area contributed by atoms with Crippen molar-refractivity contribution in [1.82, 2.24) is 15.5 Å². The van der Waals surface area contributed by atoms with Crippen LogP contribution in [0.25, 0.3) is 0 Å². The Morgan fingerprint density at radius 1 is 1.45 bits per heavy atom. The van der Waals surface area contributed by atoms with Crippen LogP contribution in [0.4, 0.5) is 0 Å². The maximum atomic E-state index is 11.5. The zero-order valence-corrected chi connectivity index (χ0v) is 11.8. The van der Waals surface area contributed by atoms with Crippen LogP contribution < -0.4 is 10.1 Å². The Kier molecular flexibility index (Phi) is 5.20. The third kappa shape index (κ3) is 4.40. The van der Waals surface area contributed by atoms with Gasteiger partial charge in [-0.15, -0.1) is 0 Å². The van der Waals surface area contributed by atoms with Gasteiger partial charge in [0.05, 0.1) is 23.7 Å². The summed E-state index contributed by atoms with van der Waals surface area (Å²) in [4.78, 5) is 15.5. The number of pyridine rings is 1. The van der Waals surface area contributed by atoms with Gasteiger partial charge in [0, 0.05) is 12.3 Å². The second kappa shape index (κ2) is 7.12. The number of nitrogens with one attached hydrogen (secondary N) is 1. The lowest BCUT2D eigenvalue weighted by Gasteiger charge is -2.07. The minimum absolute atomic E-state index is 0.163. The third-order valence-electron chi connectivity index (χ3n) is 2.27. The summed E-state index contributed by atoms with van der Waals surface area (Å²) in [5, 5.41) is 7.08. The number of carbonyl (C=O) groups excluding carboxylic acids is 1. The van der Waals surface area contributed by atoms with Crippen molar-refractivity contribution >= 4 is 29.1 Å². The molecule has 0 radical (unpaired) electrons. The molecule has 2 aromatic heterocycles. The van der Waals surface area contributed by atoms with E-state index in [0.717, 1.165) is 0 Å². The second-order valence-corrected chi connectivity index (χ2v) is 4.65. The Bertz CT molecular complexity index is 575. The number of aromatic nitrogens is 2. The quantitative estimate of drug-likeness (QED) is 0.826. The van der Waals surface area contributed by atoms with Crippen LogP contribution in [0.1, 0.15) is 5.69 Å². The average Bonchev–Trinajstić information content (AvgIpc) is 2.89. The fourth-order valence-corrected chi connectivity index (χ4v) is 1.84. The zero-order valence-electron chi connectivity index (χ0n) is 10.3. The number of hydrogen-bond donors (Lipinski definition) is 1. The van der Waals surface area contributed by atoms with Gasteiger partial charge < -0.3 is 14.6 Å². The Hall–Kier alpha value is -1.79. The molecule has 0 aliphatic carbocycles. The summed E-state index contributed by atoms with van der Waals surface area (Å²) in [6, 6.07) is 3.17. The van der Waals surface area contributed by atoms with Gasteiger partial charge in [0.25, 0.3) is 0 Å². The summed E-state index contributed by atoms with van der Waals surface area (Å²) in [5.41, 5.74) is 0.575. The van der Waals surface area contributed by atoms with Crippen LogP contribution in [-0.4, -0.2) is 29.2 Å². The molecule has 0 atom stereocenters. The molecule has 0 aromatic carbocycles. The summed E-state index contributed by atoms with van der Waals surface area (Å²) in [6.45, 7) is 0.580. The molecule has 0 unspecified atom stereocenters. The van der Waals surface area contributed by atoms with Gasteiger partial charge in [-0.05, 0) is 6.07 Å². The molecule has 0 spiro atoms. The van der Waals surface area contributed by atoms with Crippen molar-refractivity contribution in [3.05, 3.63) is 40.3 Å². The molecule has 2 rings (SSSR count). The van der Waals surface area contributed by atoms with Gasteiger partial charge in [0.15, 0.2) is 0 Å². The number of halogens is 2. The van der Waals surface area contributed by atoms with Crippen LogP contribution >= 0.6 is 23.2 Å². The van der Waals surface area contributed by atoms with Gasteiger partial charge in [-0.1, -0.05) is 28.4 Å². The van der Waals surface area contributed by atoms with E-state index in [1.54, 1.807) is 6.07 Å². The second-order valence-electron chi connectivity index (χ2n) is 3.81. The maximum absolute atomic E-state index is 11.5. The minimum atomic E-state index is -0.169. The summed E-state index contributed by atoms with van der Waals surface area (Å²) < 4.78 is 9.96. The number of carbonyl (C=O) groups is 1. The highest BCUT2D eigenvalue weighted by Crippen LogP contribution is 2.24. The molecule has 1 amide bonds. The molecule has 0 aliphatic rings. The standard InChI is InChI=1S/C12H11Cl2N3O3/c13-8-5-10(14)12(16-7-8)19-4-2-15-11(18)6-9-1-3-20-17-9/h1,3,5,7H,2,4,6H2,(H,15,18). The normalized spacial score (nSPS) is 10.3. The molecule has 0 saturated heterocycles. The van der Waals surface area contributed by atoms with Crippen LogP contribution in [0.2, 0.25) is 10.0 Å². The van der Waals surface area contributed by atoms with Crippen LogP contribution in [-0.2, 0) is 11.2 Å². The molecule has 0 aliphatic heterocycles. The molecule has 1 N–H and O–H groups in total. The molecule has 106 valence electrons. The summed E-state index contributed by atoms with van der Waals surface area (Å²) in [7, 11) is 0. The zero-order chi connectivity index (χ0) is 14.4. The molecule has 2 heterocycles. The van der Waals surface area contributed by atoms with Crippen molar-refractivity contribution in [2.75, 3.05) is 13.2 Å². The van der Waals surface area contributed by atoms with E-state index in [0.29, 0.717) is 22.3 Å². The molecule has 0 saturated carbocycles. The predicted octanol–water partition coefficient (Wildman–Crippen LogP) is 2.11. The fourth-order valence-electron chi connectivity index (χ4n) is 1.40. The molecule has 0 fully saturated rings. The van der Waals surface area contributed by atoms with E-state index in [1.807, 2.05) is 0 Å². The van der Waals surface area contributed by atoms with Gasteiger partial charge in [0.1, 0.15) is 17.9 Å². The van der Waals surface area contributed by atoms with Crippen LogP contribution in [0.15, 0.2) is 29.1 Å².